The molecule has 13 heavy (non-hydrogen) atoms. The Hall–Kier alpha value is -1.49. The normalized spacial score (nSPS) is 10.2. The highest BCUT2D eigenvalue weighted by atomic mass is 32.1. The summed E-state index contributed by atoms with van der Waals surface area (Å²) < 4.78 is 8.50. The third kappa shape index (κ3) is 1.38. The molecule has 0 unspecified atom stereocenters. The molecule has 0 atom stereocenters. The van der Waals surface area contributed by atoms with E-state index in [1.807, 2.05) is 0 Å². The van der Waals surface area contributed by atoms with Crippen molar-refractivity contribution < 1.29 is 9.53 Å². The minimum absolute atomic E-state index is 0.319. The zero-order valence-electron chi connectivity index (χ0n) is 6.85. The minimum atomic E-state index is -0.421. The van der Waals surface area contributed by atoms with Crippen molar-refractivity contribution in [1.29, 1.82) is 0 Å². The van der Waals surface area contributed by atoms with Crippen molar-refractivity contribution in [3.05, 3.63) is 24.0 Å². The number of ether oxygens (including phenoxy) is 1. The molecule has 0 amide bonds. The Bertz CT molecular complexity index is 452. The number of rotatable bonds is 1. The van der Waals surface area contributed by atoms with Crippen LogP contribution in [-0.2, 0) is 4.74 Å². The monoisotopic (exact) mass is 194 g/mol. The first-order valence-corrected chi connectivity index (χ1v) is 4.38. The Morgan fingerprint density at radius 2 is 2.38 bits per heavy atom. The van der Waals surface area contributed by atoms with Crippen molar-refractivity contribution in [2.24, 2.45) is 0 Å². The van der Waals surface area contributed by atoms with Gasteiger partial charge < -0.3 is 4.74 Å². The Labute approximate surface area is 78.3 Å². The summed E-state index contributed by atoms with van der Waals surface area (Å²) in [5, 5.41) is 0.942. The first-order valence-electron chi connectivity index (χ1n) is 3.61. The Balaban J connectivity index is 2.54. The fourth-order valence-corrected chi connectivity index (χ4v) is 1.61. The van der Waals surface area contributed by atoms with Crippen molar-refractivity contribution in [3.8, 4) is 0 Å². The zero-order valence-corrected chi connectivity index (χ0v) is 7.67. The van der Waals surface area contributed by atoms with Gasteiger partial charge in [0, 0.05) is 5.39 Å². The van der Waals surface area contributed by atoms with E-state index in [4.69, 9.17) is 0 Å². The van der Waals surface area contributed by atoms with E-state index in [9.17, 15) is 4.79 Å². The summed E-state index contributed by atoms with van der Waals surface area (Å²) in [6, 6.07) is 3.43. The average molecular weight is 194 g/mol. The lowest BCUT2D eigenvalue weighted by Crippen LogP contribution is -2.03. The van der Waals surface area contributed by atoms with Gasteiger partial charge in [-0.1, -0.05) is 0 Å². The van der Waals surface area contributed by atoms with Gasteiger partial charge in [0.1, 0.15) is 10.5 Å². The molecule has 2 rings (SSSR count). The second-order valence-corrected chi connectivity index (χ2v) is 3.19. The van der Waals surface area contributed by atoms with Crippen LogP contribution in [0.25, 0.3) is 10.2 Å². The number of hydrogen-bond acceptors (Lipinski definition) is 5. The van der Waals surface area contributed by atoms with Crippen molar-refractivity contribution >= 4 is 27.7 Å². The lowest BCUT2D eigenvalue weighted by molar-refractivity contribution is 0.0594. The highest BCUT2D eigenvalue weighted by Gasteiger charge is 2.08. The molecule has 0 spiro atoms. The molecule has 2 aromatic heterocycles. The van der Waals surface area contributed by atoms with E-state index in [1.165, 1.54) is 18.6 Å². The molecule has 4 nitrogen and oxygen atoms in total. The predicted molar refractivity (Wildman–Crippen MR) is 48.8 cm³/mol. The Morgan fingerprint density at radius 1 is 1.54 bits per heavy atom. The van der Waals surface area contributed by atoms with Gasteiger partial charge in [0.15, 0.2) is 0 Å². The van der Waals surface area contributed by atoms with Gasteiger partial charge in [0.05, 0.1) is 13.3 Å². The number of esters is 1. The molecular weight excluding hydrogens is 188 g/mol. The van der Waals surface area contributed by atoms with E-state index in [0.717, 1.165) is 10.2 Å². The maximum Gasteiger partial charge on any atom is 0.356 e. The number of carbonyl (C=O) groups is 1. The maximum absolute atomic E-state index is 11.1. The molecule has 0 bridgehead atoms. The highest BCUT2D eigenvalue weighted by molar-refractivity contribution is 7.12. The Kier molecular flexibility index (Phi) is 1.94. The molecule has 0 saturated carbocycles. The van der Waals surface area contributed by atoms with Crippen molar-refractivity contribution in [2.45, 2.75) is 0 Å². The topological polar surface area (TPSA) is 52.1 Å². The van der Waals surface area contributed by atoms with Crippen LogP contribution < -0.4 is 0 Å². The lowest BCUT2D eigenvalue weighted by atomic mass is 10.3. The largest absolute Gasteiger partial charge is 0.464 e. The highest BCUT2D eigenvalue weighted by Crippen LogP contribution is 2.15. The minimum Gasteiger partial charge on any atom is -0.464 e. The average Bonchev–Trinajstić information content (AvgIpc) is 2.63. The second kappa shape index (κ2) is 3.10. The predicted octanol–water partition coefficient (Wildman–Crippen LogP) is 1.48. The first-order chi connectivity index (χ1) is 6.31. The SMILES string of the molecule is COC(=O)c1ccc2cnsc2n1. The molecule has 5 heteroatoms. The second-order valence-electron chi connectivity index (χ2n) is 2.41. The zero-order chi connectivity index (χ0) is 9.26. The summed E-state index contributed by atoms with van der Waals surface area (Å²) in [5.74, 6) is -0.421. The number of pyridine rings is 1. The number of nitrogens with zero attached hydrogens (tertiary/aromatic N) is 2. The van der Waals surface area contributed by atoms with Crippen LogP contribution in [0.4, 0.5) is 0 Å². The van der Waals surface area contributed by atoms with Crippen LogP contribution in [0, 0.1) is 0 Å². The molecule has 0 N–H and O–H groups in total. The molecule has 0 aliphatic rings. The molecule has 2 heterocycles. The summed E-state index contributed by atoms with van der Waals surface area (Å²) in [7, 11) is 1.33. The summed E-state index contributed by atoms with van der Waals surface area (Å²) >= 11 is 1.26. The molecule has 0 saturated heterocycles. The van der Waals surface area contributed by atoms with Gasteiger partial charge in [-0.15, -0.1) is 0 Å². The summed E-state index contributed by atoms with van der Waals surface area (Å²) in [6.07, 6.45) is 1.72. The van der Waals surface area contributed by atoms with Crippen molar-refractivity contribution in [1.82, 2.24) is 9.36 Å². The molecule has 0 fully saturated rings. The number of fused-ring (bicyclic) bond motifs is 1. The van der Waals surface area contributed by atoms with Crippen LogP contribution >= 0.6 is 11.5 Å². The maximum atomic E-state index is 11.1. The standard InChI is InChI=1S/C8H6N2O2S/c1-12-8(11)6-3-2-5-4-9-13-7(5)10-6/h2-4H,1H3. The summed E-state index contributed by atoms with van der Waals surface area (Å²) in [5.41, 5.74) is 0.319. The fraction of sp³-hybridized carbons (Fsp3) is 0.125. The van der Waals surface area contributed by atoms with Gasteiger partial charge in [0.25, 0.3) is 0 Å². The van der Waals surface area contributed by atoms with Gasteiger partial charge in [-0.05, 0) is 23.7 Å². The van der Waals surface area contributed by atoms with Gasteiger partial charge in [-0.3, -0.25) is 0 Å². The summed E-state index contributed by atoms with van der Waals surface area (Å²) in [4.78, 5) is 15.9. The van der Waals surface area contributed by atoms with E-state index >= 15 is 0 Å². The van der Waals surface area contributed by atoms with Crippen LogP contribution in [0.1, 0.15) is 10.5 Å². The van der Waals surface area contributed by atoms with Gasteiger partial charge in [0.2, 0.25) is 0 Å². The molecule has 2 aromatic rings. The number of carbonyl (C=O) groups excluding carboxylic acids is 1. The van der Waals surface area contributed by atoms with Crippen LogP contribution in [0.15, 0.2) is 18.3 Å². The molecule has 0 aliphatic carbocycles. The molecule has 0 aromatic carbocycles. The van der Waals surface area contributed by atoms with Crippen LogP contribution in [0.3, 0.4) is 0 Å². The lowest BCUT2D eigenvalue weighted by Gasteiger charge is -1.96. The van der Waals surface area contributed by atoms with Crippen LogP contribution in [-0.4, -0.2) is 22.4 Å². The van der Waals surface area contributed by atoms with E-state index in [1.54, 1.807) is 18.3 Å². The molecule has 0 radical (unpaired) electrons. The van der Waals surface area contributed by atoms with Gasteiger partial charge in [-0.2, -0.15) is 4.37 Å². The van der Waals surface area contributed by atoms with Crippen molar-refractivity contribution in [3.63, 3.8) is 0 Å². The van der Waals surface area contributed by atoms with E-state index in [-0.39, 0.29) is 0 Å². The molecule has 66 valence electrons. The van der Waals surface area contributed by atoms with Gasteiger partial charge in [-0.25, -0.2) is 9.78 Å². The van der Waals surface area contributed by atoms with E-state index in [2.05, 4.69) is 14.1 Å². The third-order valence-electron chi connectivity index (χ3n) is 1.62. The van der Waals surface area contributed by atoms with E-state index < -0.39 is 5.97 Å². The van der Waals surface area contributed by atoms with Crippen LogP contribution in [0.5, 0.6) is 0 Å². The number of hydrogen-bond donors (Lipinski definition) is 0. The number of aromatic nitrogens is 2. The van der Waals surface area contributed by atoms with Crippen molar-refractivity contribution in [2.75, 3.05) is 7.11 Å². The Morgan fingerprint density at radius 3 is 3.15 bits per heavy atom. The quantitative estimate of drug-likeness (QED) is 0.645. The first kappa shape index (κ1) is 8.12. The fourth-order valence-electron chi connectivity index (χ4n) is 0.974. The number of methoxy groups -OCH3 is 1. The smallest absolute Gasteiger partial charge is 0.356 e. The molecular formula is C8H6N2O2S. The summed E-state index contributed by atoms with van der Waals surface area (Å²) in [6.45, 7) is 0. The van der Waals surface area contributed by atoms with E-state index in [0.29, 0.717) is 5.69 Å². The third-order valence-corrected chi connectivity index (χ3v) is 2.33. The molecule has 0 aliphatic heterocycles. The van der Waals surface area contributed by atoms with Crippen LogP contribution in [0.2, 0.25) is 0 Å². The van der Waals surface area contributed by atoms with Gasteiger partial charge >= 0.3 is 5.97 Å².